The lowest BCUT2D eigenvalue weighted by atomic mass is 10.3. The zero-order chi connectivity index (χ0) is 15.9. The highest BCUT2D eigenvalue weighted by Gasteiger charge is 2.06. The molecule has 2 aromatic rings. The lowest BCUT2D eigenvalue weighted by molar-refractivity contribution is -0.114. The average molecular weight is 327 g/mol. The van der Waals surface area contributed by atoms with Crippen molar-refractivity contribution < 1.29 is 18.3 Å². The summed E-state index contributed by atoms with van der Waals surface area (Å²) in [6, 6.07) is 12.8. The number of carbonyl (C=O) groups excluding carboxylic acids is 1. The van der Waals surface area contributed by atoms with Gasteiger partial charge in [0.05, 0.1) is 17.3 Å². The van der Waals surface area contributed by atoms with Crippen molar-refractivity contribution in [2.24, 2.45) is 0 Å². The van der Waals surface area contributed by atoms with Gasteiger partial charge in [-0.25, -0.2) is 0 Å². The van der Waals surface area contributed by atoms with E-state index in [2.05, 4.69) is 15.4 Å². The van der Waals surface area contributed by atoms with E-state index in [1.807, 2.05) is 0 Å². The van der Waals surface area contributed by atoms with Crippen molar-refractivity contribution in [3.63, 3.8) is 0 Å². The first kappa shape index (κ1) is 16.0. The second-order valence-corrected chi connectivity index (χ2v) is 4.69. The third kappa shape index (κ3) is 4.89. The number of benzene rings is 2. The molecule has 2 aromatic carbocycles. The number of ether oxygens (including phenoxy) is 1. The minimum Gasteiger partial charge on any atom is -0.435 e. The van der Waals surface area contributed by atoms with Gasteiger partial charge in [0.15, 0.2) is 0 Å². The molecular weight excluding hydrogens is 314 g/mol. The van der Waals surface area contributed by atoms with Gasteiger partial charge in [0.1, 0.15) is 5.75 Å². The molecule has 1 amide bonds. The molecular formula is C15H13ClF2N2O2. The fraction of sp³-hybridized carbons (Fsp3) is 0.133. The molecule has 0 radical (unpaired) electrons. The Balaban J connectivity index is 1.85. The monoisotopic (exact) mass is 326 g/mol. The zero-order valence-corrected chi connectivity index (χ0v) is 12.1. The van der Waals surface area contributed by atoms with Crippen LogP contribution in [0.1, 0.15) is 0 Å². The van der Waals surface area contributed by atoms with Crippen LogP contribution in [0.15, 0.2) is 48.5 Å². The van der Waals surface area contributed by atoms with E-state index in [4.69, 9.17) is 11.6 Å². The van der Waals surface area contributed by atoms with E-state index in [0.29, 0.717) is 16.4 Å². The predicted octanol–water partition coefficient (Wildman–Crippen LogP) is 3.99. The first-order chi connectivity index (χ1) is 10.5. The summed E-state index contributed by atoms with van der Waals surface area (Å²) in [5.74, 6) is -0.220. The van der Waals surface area contributed by atoms with Gasteiger partial charge in [-0.3, -0.25) is 4.79 Å². The average Bonchev–Trinajstić information content (AvgIpc) is 2.48. The largest absolute Gasteiger partial charge is 0.435 e. The van der Waals surface area contributed by atoms with Crippen LogP contribution in [-0.2, 0) is 4.79 Å². The van der Waals surface area contributed by atoms with E-state index in [9.17, 15) is 13.6 Å². The molecule has 0 atom stereocenters. The number of rotatable bonds is 6. The molecule has 0 saturated heterocycles. The van der Waals surface area contributed by atoms with Crippen molar-refractivity contribution in [2.75, 3.05) is 17.2 Å². The number of amides is 1. The molecule has 22 heavy (non-hydrogen) atoms. The first-order valence-corrected chi connectivity index (χ1v) is 6.75. The van der Waals surface area contributed by atoms with E-state index in [-0.39, 0.29) is 18.2 Å². The van der Waals surface area contributed by atoms with Crippen molar-refractivity contribution >= 4 is 28.9 Å². The second kappa shape index (κ2) is 7.61. The van der Waals surface area contributed by atoms with Gasteiger partial charge in [-0.1, -0.05) is 23.7 Å². The van der Waals surface area contributed by atoms with Crippen LogP contribution in [0.2, 0.25) is 5.02 Å². The highest BCUT2D eigenvalue weighted by atomic mass is 35.5. The Hall–Kier alpha value is -2.34. The lowest BCUT2D eigenvalue weighted by Gasteiger charge is -2.10. The second-order valence-electron chi connectivity index (χ2n) is 4.28. The molecule has 0 aliphatic carbocycles. The van der Waals surface area contributed by atoms with Crippen molar-refractivity contribution in [3.8, 4) is 5.75 Å². The molecule has 0 saturated carbocycles. The normalized spacial score (nSPS) is 10.4. The van der Waals surface area contributed by atoms with Crippen molar-refractivity contribution in [1.82, 2.24) is 0 Å². The summed E-state index contributed by atoms with van der Waals surface area (Å²) in [6.45, 7) is -2.85. The fourth-order valence-electron chi connectivity index (χ4n) is 1.69. The van der Waals surface area contributed by atoms with Crippen LogP contribution in [0.5, 0.6) is 5.75 Å². The summed E-state index contributed by atoms with van der Waals surface area (Å²) in [6.07, 6.45) is 0. The van der Waals surface area contributed by atoms with Crippen LogP contribution in [0.4, 0.5) is 20.2 Å². The zero-order valence-electron chi connectivity index (χ0n) is 11.4. The molecule has 0 aromatic heterocycles. The van der Waals surface area contributed by atoms with Gasteiger partial charge in [0.2, 0.25) is 5.91 Å². The standard InChI is InChI=1S/C15H13ClF2N2O2/c16-12-3-1-2-4-13(12)20-14(21)9-19-10-5-7-11(8-6-10)22-15(17)18/h1-8,15,19H,9H2,(H,20,21). The topological polar surface area (TPSA) is 50.4 Å². The Labute approximate surface area is 131 Å². The van der Waals surface area contributed by atoms with Crippen LogP contribution >= 0.6 is 11.6 Å². The minimum atomic E-state index is -2.86. The molecule has 7 heteroatoms. The summed E-state index contributed by atoms with van der Waals surface area (Å²) in [7, 11) is 0. The summed E-state index contributed by atoms with van der Waals surface area (Å²) in [5, 5.41) is 5.98. The quantitative estimate of drug-likeness (QED) is 0.844. The molecule has 2 N–H and O–H groups in total. The van der Waals surface area contributed by atoms with Gasteiger partial charge in [-0.05, 0) is 36.4 Å². The third-order valence-electron chi connectivity index (χ3n) is 2.68. The van der Waals surface area contributed by atoms with Crippen LogP contribution in [-0.4, -0.2) is 19.1 Å². The number of halogens is 3. The van der Waals surface area contributed by atoms with E-state index >= 15 is 0 Å². The molecule has 0 spiro atoms. The van der Waals surface area contributed by atoms with Crippen molar-refractivity contribution in [1.29, 1.82) is 0 Å². The van der Waals surface area contributed by atoms with E-state index in [1.54, 1.807) is 36.4 Å². The fourth-order valence-corrected chi connectivity index (χ4v) is 1.88. The lowest BCUT2D eigenvalue weighted by Crippen LogP contribution is -2.21. The predicted molar refractivity (Wildman–Crippen MR) is 81.6 cm³/mol. The van der Waals surface area contributed by atoms with Crippen LogP contribution < -0.4 is 15.4 Å². The molecule has 0 aliphatic rings. The number of para-hydroxylation sites is 1. The maximum absolute atomic E-state index is 12.0. The van der Waals surface area contributed by atoms with Crippen molar-refractivity contribution in [2.45, 2.75) is 6.61 Å². The molecule has 0 aliphatic heterocycles. The van der Waals surface area contributed by atoms with Gasteiger partial charge >= 0.3 is 6.61 Å². The van der Waals surface area contributed by atoms with Crippen LogP contribution in [0.25, 0.3) is 0 Å². The van der Waals surface area contributed by atoms with Crippen molar-refractivity contribution in [3.05, 3.63) is 53.6 Å². The molecule has 2 rings (SSSR count). The Kier molecular flexibility index (Phi) is 5.55. The molecule has 0 unspecified atom stereocenters. The number of hydrogen-bond acceptors (Lipinski definition) is 3. The maximum Gasteiger partial charge on any atom is 0.387 e. The van der Waals surface area contributed by atoms with Gasteiger partial charge in [-0.15, -0.1) is 0 Å². The van der Waals surface area contributed by atoms with Gasteiger partial charge in [0, 0.05) is 5.69 Å². The summed E-state index contributed by atoms with van der Waals surface area (Å²) >= 11 is 5.93. The summed E-state index contributed by atoms with van der Waals surface area (Å²) in [5.41, 5.74) is 1.13. The van der Waals surface area contributed by atoms with Crippen LogP contribution in [0, 0.1) is 0 Å². The molecule has 0 fully saturated rings. The van der Waals surface area contributed by atoms with E-state index < -0.39 is 6.61 Å². The number of carbonyl (C=O) groups is 1. The molecule has 4 nitrogen and oxygen atoms in total. The maximum atomic E-state index is 12.0. The number of nitrogens with one attached hydrogen (secondary N) is 2. The molecule has 116 valence electrons. The number of alkyl halides is 2. The molecule has 0 bridgehead atoms. The highest BCUT2D eigenvalue weighted by molar-refractivity contribution is 6.33. The Bertz CT molecular complexity index is 636. The highest BCUT2D eigenvalue weighted by Crippen LogP contribution is 2.20. The third-order valence-corrected chi connectivity index (χ3v) is 3.01. The summed E-state index contributed by atoms with van der Waals surface area (Å²) < 4.78 is 28.3. The van der Waals surface area contributed by atoms with Gasteiger partial charge in [0.25, 0.3) is 0 Å². The minimum absolute atomic E-state index is 0.0142. The SMILES string of the molecule is O=C(CNc1ccc(OC(F)F)cc1)Nc1ccccc1Cl. The van der Waals surface area contributed by atoms with Gasteiger partial charge in [-0.2, -0.15) is 8.78 Å². The Morgan fingerprint density at radius 3 is 2.45 bits per heavy atom. The van der Waals surface area contributed by atoms with Crippen LogP contribution in [0.3, 0.4) is 0 Å². The molecule has 0 heterocycles. The number of hydrogen-bond donors (Lipinski definition) is 2. The smallest absolute Gasteiger partial charge is 0.387 e. The van der Waals surface area contributed by atoms with E-state index in [1.165, 1.54) is 12.1 Å². The van der Waals surface area contributed by atoms with E-state index in [0.717, 1.165) is 0 Å². The summed E-state index contributed by atoms with van der Waals surface area (Å²) in [4.78, 5) is 11.8. The first-order valence-electron chi connectivity index (χ1n) is 6.38. The Morgan fingerprint density at radius 2 is 1.82 bits per heavy atom. The Morgan fingerprint density at radius 1 is 1.14 bits per heavy atom. The number of anilines is 2. The van der Waals surface area contributed by atoms with Gasteiger partial charge < -0.3 is 15.4 Å².